The first kappa shape index (κ1) is 10.7. The van der Waals surface area contributed by atoms with Crippen molar-refractivity contribution in [1.29, 1.82) is 0 Å². The highest BCUT2D eigenvalue weighted by Crippen LogP contribution is 2.40. The lowest BCUT2D eigenvalue weighted by molar-refractivity contribution is -0.384. The molecule has 0 unspecified atom stereocenters. The molecule has 0 fully saturated rings. The predicted molar refractivity (Wildman–Crippen MR) is 57.9 cm³/mol. The summed E-state index contributed by atoms with van der Waals surface area (Å²) in [7, 11) is 0. The molecule has 0 aliphatic carbocycles. The molecule has 0 amide bonds. The van der Waals surface area contributed by atoms with Gasteiger partial charge in [-0.25, -0.2) is 0 Å². The molecule has 0 atom stereocenters. The maximum Gasteiger partial charge on any atom is 0.290 e. The Morgan fingerprint density at radius 1 is 1.54 bits per heavy atom. The van der Waals surface area contributed by atoms with E-state index in [0.717, 1.165) is 0 Å². The smallest absolute Gasteiger partial charge is 0.290 e. The van der Waals surface area contributed by atoms with E-state index >= 15 is 0 Å². The quantitative estimate of drug-likeness (QED) is 0.371. The molecule has 1 aromatic carbocycles. The molecule has 7 heteroatoms. The fourth-order valence-corrected chi connectivity index (χ4v) is 2.05. The normalized spacial score (nSPS) is 10.1. The van der Waals surface area contributed by atoms with Crippen LogP contribution in [0.3, 0.4) is 0 Å². The first-order chi connectivity index (χ1) is 5.95. The molecule has 0 heterocycles. The molecular formula is C6H3Br2ClN2O2. The molecule has 0 aromatic heterocycles. The molecule has 0 saturated carbocycles. The Balaban J connectivity index is 3.50. The second kappa shape index (κ2) is 3.81. The van der Waals surface area contributed by atoms with E-state index in [2.05, 4.69) is 31.9 Å². The number of benzene rings is 1. The average molecular weight is 330 g/mol. The molecule has 1 rings (SSSR count). The van der Waals surface area contributed by atoms with Gasteiger partial charge in [0.2, 0.25) is 0 Å². The van der Waals surface area contributed by atoms with E-state index in [1.807, 2.05) is 0 Å². The van der Waals surface area contributed by atoms with Crippen molar-refractivity contribution in [3.8, 4) is 0 Å². The molecule has 1 aromatic rings. The Labute approximate surface area is 95.5 Å². The molecule has 0 radical (unpaired) electrons. The van der Waals surface area contributed by atoms with Gasteiger partial charge in [0.15, 0.2) is 0 Å². The lowest BCUT2D eigenvalue weighted by atomic mass is 10.3. The van der Waals surface area contributed by atoms with E-state index < -0.39 is 4.92 Å². The number of nitro benzene ring substituents is 1. The topological polar surface area (TPSA) is 69.2 Å². The Hall–Kier alpha value is -0.330. The van der Waals surface area contributed by atoms with Gasteiger partial charge in [0, 0.05) is 10.5 Å². The molecule has 4 nitrogen and oxygen atoms in total. The molecule has 0 aliphatic heterocycles. The van der Waals surface area contributed by atoms with Crippen molar-refractivity contribution in [2.75, 3.05) is 5.73 Å². The number of nitrogen functional groups attached to an aromatic ring is 1. The summed E-state index contributed by atoms with van der Waals surface area (Å²) in [5.74, 6) is 0. The zero-order valence-electron chi connectivity index (χ0n) is 6.05. The van der Waals surface area contributed by atoms with Crippen LogP contribution in [-0.4, -0.2) is 4.92 Å². The maximum absolute atomic E-state index is 10.5. The van der Waals surface area contributed by atoms with E-state index in [1.165, 1.54) is 6.07 Å². The first-order valence-corrected chi connectivity index (χ1v) is 4.99. The summed E-state index contributed by atoms with van der Waals surface area (Å²) in [6, 6.07) is 1.27. The van der Waals surface area contributed by atoms with E-state index in [9.17, 15) is 10.1 Å². The Morgan fingerprint density at radius 2 is 2.08 bits per heavy atom. The third-order valence-electron chi connectivity index (χ3n) is 1.37. The highest BCUT2D eigenvalue weighted by molar-refractivity contribution is 9.11. The molecule has 0 aliphatic rings. The van der Waals surface area contributed by atoms with Crippen LogP contribution in [0.5, 0.6) is 0 Å². The van der Waals surface area contributed by atoms with Crippen molar-refractivity contribution < 1.29 is 4.92 Å². The second-order valence-electron chi connectivity index (χ2n) is 2.18. The van der Waals surface area contributed by atoms with Crippen molar-refractivity contribution in [3.05, 3.63) is 30.1 Å². The Morgan fingerprint density at radius 3 is 2.54 bits per heavy atom. The summed E-state index contributed by atoms with van der Waals surface area (Å²) in [5, 5.41) is 10.5. The van der Waals surface area contributed by atoms with Crippen LogP contribution in [0, 0.1) is 10.1 Å². The van der Waals surface area contributed by atoms with Crippen LogP contribution in [0.4, 0.5) is 11.4 Å². The molecule has 0 saturated heterocycles. The number of hydrogen-bond donors (Lipinski definition) is 1. The van der Waals surface area contributed by atoms with Gasteiger partial charge >= 0.3 is 0 Å². The van der Waals surface area contributed by atoms with Crippen molar-refractivity contribution in [2.45, 2.75) is 0 Å². The minimum atomic E-state index is -0.572. The van der Waals surface area contributed by atoms with Crippen LogP contribution in [0.1, 0.15) is 0 Å². The van der Waals surface area contributed by atoms with Gasteiger partial charge < -0.3 is 5.73 Å². The van der Waals surface area contributed by atoms with Gasteiger partial charge in [0.05, 0.1) is 15.1 Å². The minimum absolute atomic E-state index is 0.00528. The van der Waals surface area contributed by atoms with Crippen LogP contribution in [-0.2, 0) is 0 Å². The largest absolute Gasteiger partial charge is 0.397 e. The predicted octanol–water partition coefficient (Wildman–Crippen LogP) is 3.36. The fraction of sp³-hybridized carbons (Fsp3) is 0. The minimum Gasteiger partial charge on any atom is -0.397 e. The lowest BCUT2D eigenvalue weighted by Crippen LogP contribution is -1.94. The molecule has 70 valence electrons. The van der Waals surface area contributed by atoms with Crippen molar-refractivity contribution in [1.82, 2.24) is 0 Å². The highest BCUT2D eigenvalue weighted by atomic mass is 79.9. The highest BCUT2D eigenvalue weighted by Gasteiger charge is 2.19. The monoisotopic (exact) mass is 328 g/mol. The molecule has 2 N–H and O–H groups in total. The zero-order valence-corrected chi connectivity index (χ0v) is 9.98. The average Bonchev–Trinajstić information content (AvgIpc) is 2.07. The van der Waals surface area contributed by atoms with Gasteiger partial charge in [-0.2, -0.15) is 0 Å². The number of anilines is 1. The van der Waals surface area contributed by atoms with Crippen LogP contribution in [0.25, 0.3) is 0 Å². The van der Waals surface area contributed by atoms with Gasteiger partial charge in [-0.3, -0.25) is 10.1 Å². The summed E-state index contributed by atoms with van der Waals surface area (Å²) in [6.45, 7) is 0. The standard InChI is InChI=1S/C6H3Br2ClN2O2/c7-2-1-3(11(12)13)5(9)4(8)6(2)10/h1H,10H2. The number of halogens is 3. The van der Waals surface area contributed by atoms with Crippen molar-refractivity contribution in [2.24, 2.45) is 0 Å². The summed E-state index contributed by atoms with van der Waals surface area (Å²) >= 11 is 11.8. The second-order valence-corrected chi connectivity index (χ2v) is 4.20. The van der Waals surface area contributed by atoms with E-state index in [0.29, 0.717) is 14.6 Å². The molecule has 0 spiro atoms. The van der Waals surface area contributed by atoms with E-state index in [4.69, 9.17) is 17.3 Å². The van der Waals surface area contributed by atoms with E-state index in [-0.39, 0.29) is 10.7 Å². The van der Waals surface area contributed by atoms with Gasteiger partial charge in [-0.15, -0.1) is 0 Å². The van der Waals surface area contributed by atoms with Gasteiger partial charge in [-0.05, 0) is 31.9 Å². The maximum atomic E-state index is 10.5. The van der Waals surface area contributed by atoms with Crippen molar-refractivity contribution in [3.63, 3.8) is 0 Å². The van der Waals surface area contributed by atoms with E-state index in [1.54, 1.807) is 0 Å². The van der Waals surface area contributed by atoms with Gasteiger partial charge in [-0.1, -0.05) is 11.6 Å². The van der Waals surface area contributed by atoms with Crippen LogP contribution in [0.2, 0.25) is 5.02 Å². The van der Waals surface area contributed by atoms with Gasteiger partial charge in [0.25, 0.3) is 5.69 Å². The zero-order chi connectivity index (χ0) is 10.2. The fourth-order valence-electron chi connectivity index (χ4n) is 0.730. The van der Waals surface area contributed by atoms with Crippen LogP contribution >= 0.6 is 43.5 Å². The first-order valence-electron chi connectivity index (χ1n) is 3.02. The summed E-state index contributed by atoms with van der Waals surface area (Å²) in [6.07, 6.45) is 0. The number of nitrogens with zero attached hydrogens (tertiary/aromatic N) is 1. The number of hydrogen-bond acceptors (Lipinski definition) is 3. The molecular weight excluding hydrogens is 327 g/mol. The molecule has 0 bridgehead atoms. The summed E-state index contributed by atoms with van der Waals surface area (Å²) in [4.78, 5) is 9.90. The summed E-state index contributed by atoms with van der Waals surface area (Å²) in [5.41, 5.74) is 5.71. The Kier molecular flexibility index (Phi) is 3.15. The third-order valence-corrected chi connectivity index (χ3v) is 3.46. The van der Waals surface area contributed by atoms with Gasteiger partial charge in [0.1, 0.15) is 5.02 Å². The van der Waals surface area contributed by atoms with Crippen LogP contribution in [0.15, 0.2) is 15.0 Å². The van der Waals surface area contributed by atoms with Crippen LogP contribution < -0.4 is 5.73 Å². The summed E-state index contributed by atoms with van der Waals surface area (Å²) < 4.78 is 0.769. The van der Waals surface area contributed by atoms with Crippen molar-refractivity contribution >= 4 is 54.8 Å². The molecule has 13 heavy (non-hydrogen) atoms. The third kappa shape index (κ3) is 1.95. The number of nitrogens with two attached hydrogens (primary N) is 1. The Bertz CT molecular complexity index is 383. The number of nitro groups is 1. The lowest BCUT2D eigenvalue weighted by Gasteiger charge is -2.03. The number of rotatable bonds is 1. The SMILES string of the molecule is Nc1c(Br)cc([N+](=O)[O-])c(Cl)c1Br.